The van der Waals surface area contributed by atoms with E-state index >= 15 is 0 Å². The van der Waals surface area contributed by atoms with Crippen LogP contribution in [-0.2, 0) is 19.6 Å². The molecule has 0 heterocycles. The molecule has 0 saturated carbocycles. The Kier molecular flexibility index (Phi) is 5.81. The van der Waals surface area contributed by atoms with Gasteiger partial charge in [-0.3, -0.25) is 4.79 Å². The van der Waals surface area contributed by atoms with E-state index in [2.05, 4.69) is 4.72 Å². The molecule has 0 amide bonds. The van der Waals surface area contributed by atoms with Gasteiger partial charge in [0, 0.05) is 5.56 Å². The van der Waals surface area contributed by atoms with Gasteiger partial charge < -0.3 is 9.84 Å². The summed E-state index contributed by atoms with van der Waals surface area (Å²) in [6.45, 7) is 3.40. The number of carbonyl (C=O) groups is 1. The number of phenolic OH excluding ortho intramolecular Hbond substituents is 1. The average molecular weight is 363 g/mol. The molecule has 134 valence electrons. The van der Waals surface area contributed by atoms with E-state index in [-0.39, 0.29) is 10.6 Å². The fraction of sp³-hybridized carbons (Fsp3) is 0.278. The second-order valence-electron chi connectivity index (χ2n) is 5.78. The number of nitrogens with one attached hydrogen (secondary N) is 1. The Balaban J connectivity index is 2.44. The molecule has 0 aliphatic heterocycles. The number of benzene rings is 2. The topological polar surface area (TPSA) is 92.7 Å². The predicted molar refractivity (Wildman–Crippen MR) is 93.5 cm³/mol. The second-order valence-corrected chi connectivity index (χ2v) is 7.50. The summed E-state index contributed by atoms with van der Waals surface area (Å²) in [5.74, 6) is -1.52. The molecule has 25 heavy (non-hydrogen) atoms. The van der Waals surface area contributed by atoms with Crippen molar-refractivity contribution in [2.75, 3.05) is 7.11 Å². The van der Waals surface area contributed by atoms with Gasteiger partial charge in [0.05, 0.1) is 24.0 Å². The zero-order valence-electron chi connectivity index (χ0n) is 14.3. The van der Waals surface area contributed by atoms with Crippen LogP contribution in [0, 0.1) is 12.8 Å². The van der Waals surface area contributed by atoms with Crippen LogP contribution >= 0.6 is 0 Å². The Hall–Kier alpha value is -2.38. The smallest absolute Gasteiger partial charge is 0.310 e. The standard InChI is InChI=1S/C18H21NO5S/c1-12-8-10-14(11-9-12)25(22,23)19-17(13(2)18(21)24-3)15-6-4-5-7-16(15)20/h4-11,13,17,19-20H,1-3H3. The zero-order chi connectivity index (χ0) is 18.6. The van der Waals surface area contributed by atoms with Crippen LogP contribution < -0.4 is 4.72 Å². The van der Waals surface area contributed by atoms with Crippen molar-refractivity contribution >= 4 is 16.0 Å². The lowest BCUT2D eigenvalue weighted by Crippen LogP contribution is -2.36. The quantitative estimate of drug-likeness (QED) is 0.770. The molecule has 6 nitrogen and oxygen atoms in total. The SMILES string of the molecule is COC(=O)C(C)C(NS(=O)(=O)c1ccc(C)cc1)c1ccccc1O. The molecule has 0 spiro atoms. The fourth-order valence-electron chi connectivity index (χ4n) is 2.46. The Morgan fingerprint density at radius 3 is 2.28 bits per heavy atom. The van der Waals surface area contributed by atoms with E-state index in [9.17, 15) is 18.3 Å². The van der Waals surface area contributed by atoms with Crippen molar-refractivity contribution in [3.8, 4) is 5.75 Å². The maximum Gasteiger partial charge on any atom is 0.310 e. The van der Waals surface area contributed by atoms with E-state index < -0.39 is 28.0 Å². The first-order valence-corrected chi connectivity index (χ1v) is 9.19. The zero-order valence-corrected chi connectivity index (χ0v) is 15.1. The van der Waals surface area contributed by atoms with Gasteiger partial charge >= 0.3 is 5.97 Å². The molecular weight excluding hydrogens is 342 g/mol. The molecule has 2 aromatic carbocycles. The van der Waals surface area contributed by atoms with Gasteiger partial charge in [0.15, 0.2) is 0 Å². The first-order valence-electron chi connectivity index (χ1n) is 7.71. The minimum atomic E-state index is -3.90. The van der Waals surface area contributed by atoms with Crippen LogP contribution in [0.5, 0.6) is 5.75 Å². The lowest BCUT2D eigenvalue weighted by Gasteiger charge is -2.24. The van der Waals surface area contributed by atoms with Gasteiger partial charge in [0.25, 0.3) is 0 Å². The Bertz CT molecular complexity index is 846. The molecule has 2 rings (SSSR count). The molecular formula is C18H21NO5S. The molecule has 2 N–H and O–H groups in total. The number of rotatable bonds is 6. The normalized spacial score (nSPS) is 13.9. The molecule has 0 radical (unpaired) electrons. The third-order valence-corrected chi connectivity index (χ3v) is 5.42. The fourth-order valence-corrected chi connectivity index (χ4v) is 3.76. The summed E-state index contributed by atoms with van der Waals surface area (Å²) in [4.78, 5) is 12.0. The van der Waals surface area contributed by atoms with E-state index in [1.807, 2.05) is 6.92 Å². The van der Waals surface area contributed by atoms with Gasteiger partial charge in [-0.05, 0) is 25.1 Å². The molecule has 0 aliphatic rings. The highest BCUT2D eigenvalue weighted by Gasteiger charge is 2.32. The van der Waals surface area contributed by atoms with E-state index in [0.29, 0.717) is 5.56 Å². The van der Waals surface area contributed by atoms with Crippen LogP contribution in [0.4, 0.5) is 0 Å². The lowest BCUT2D eigenvalue weighted by atomic mass is 9.95. The number of phenols is 1. The molecule has 0 aliphatic carbocycles. The molecule has 7 heteroatoms. The van der Waals surface area contributed by atoms with Gasteiger partial charge in [0.2, 0.25) is 10.0 Å². The summed E-state index contributed by atoms with van der Waals surface area (Å²) in [7, 11) is -2.67. The monoisotopic (exact) mass is 363 g/mol. The van der Waals surface area contributed by atoms with Crippen LogP contribution in [-0.4, -0.2) is 26.6 Å². The molecule has 2 unspecified atom stereocenters. The lowest BCUT2D eigenvalue weighted by molar-refractivity contribution is -0.145. The average Bonchev–Trinajstić information content (AvgIpc) is 2.59. The van der Waals surface area contributed by atoms with Gasteiger partial charge in [-0.2, -0.15) is 0 Å². The number of hydrogen-bond acceptors (Lipinski definition) is 5. The maximum atomic E-state index is 12.7. The van der Waals surface area contributed by atoms with Crippen molar-refractivity contribution in [2.45, 2.75) is 24.8 Å². The summed E-state index contributed by atoms with van der Waals surface area (Å²) in [6.07, 6.45) is 0. The Labute approximate surface area is 147 Å². The molecule has 0 fully saturated rings. The first-order chi connectivity index (χ1) is 11.8. The number of para-hydroxylation sites is 1. The highest BCUT2D eigenvalue weighted by molar-refractivity contribution is 7.89. The number of aromatic hydroxyl groups is 1. The Morgan fingerprint density at radius 2 is 1.72 bits per heavy atom. The van der Waals surface area contributed by atoms with Crippen LogP contribution in [0.15, 0.2) is 53.4 Å². The summed E-state index contributed by atoms with van der Waals surface area (Å²) in [5.41, 5.74) is 1.23. The predicted octanol–water partition coefficient (Wildman–Crippen LogP) is 2.53. The van der Waals surface area contributed by atoms with Crippen LogP contribution in [0.2, 0.25) is 0 Å². The number of ether oxygens (including phenoxy) is 1. The van der Waals surface area contributed by atoms with Crippen LogP contribution in [0.1, 0.15) is 24.1 Å². The highest BCUT2D eigenvalue weighted by Crippen LogP contribution is 2.31. The van der Waals surface area contributed by atoms with Crippen molar-refractivity contribution in [2.24, 2.45) is 5.92 Å². The molecule has 0 bridgehead atoms. The highest BCUT2D eigenvalue weighted by atomic mass is 32.2. The number of esters is 1. The van der Waals surface area contributed by atoms with Gasteiger partial charge in [0.1, 0.15) is 5.75 Å². The van der Waals surface area contributed by atoms with Crippen molar-refractivity contribution in [1.82, 2.24) is 4.72 Å². The van der Waals surface area contributed by atoms with E-state index in [1.165, 1.54) is 25.3 Å². The van der Waals surface area contributed by atoms with Crippen LogP contribution in [0.3, 0.4) is 0 Å². The third kappa shape index (κ3) is 4.37. The van der Waals surface area contributed by atoms with E-state index in [0.717, 1.165) is 5.56 Å². The summed E-state index contributed by atoms with van der Waals surface area (Å²) >= 11 is 0. The Morgan fingerprint density at radius 1 is 1.12 bits per heavy atom. The molecule has 0 aromatic heterocycles. The third-order valence-electron chi connectivity index (χ3n) is 3.96. The number of aryl methyl sites for hydroxylation is 1. The van der Waals surface area contributed by atoms with Gasteiger partial charge in [-0.15, -0.1) is 0 Å². The van der Waals surface area contributed by atoms with Crippen molar-refractivity contribution in [3.05, 3.63) is 59.7 Å². The number of sulfonamides is 1. The molecule has 2 atom stereocenters. The summed E-state index contributed by atoms with van der Waals surface area (Å²) in [6, 6.07) is 11.7. The van der Waals surface area contributed by atoms with Gasteiger partial charge in [-0.1, -0.05) is 42.8 Å². The second kappa shape index (κ2) is 7.67. The van der Waals surface area contributed by atoms with Gasteiger partial charge in [-0.25, -0.2) is 13.1 Å². The van der Waals surface area contributed by atoms with Crippen molar-refractivity contribution < 1.29 is 23.1 Å². The first kappa shape index (κ1) is 19.0. The van der Waals surface area contributed by atoms with E-state index in [4.69, 9.17) is 4.74 Å². The maximum absolute atomic E-state index is 12.7. The summed E-state index contributed by atoms with van der Waals surface area (Å²) < 4.78 is 32.7. The van der Waals surface area contributed by atoms with Crippen LogP contribution in [0.25, 0.3) is 0 Å². The minimum absolute atomic E-state index is 0.0792. The minimum Gasteiger partial charge on any atom is -0.508 e. The number of methoxy groups -OCH3 is 1. The molecule has 2 aromatic rings. The summed E-state index contributed by atoms with van der Waals surface area (Å²) in [5, 5.41) is 10.1. The molecule has 0 saturated heterocycles. The largest absolute Gasteiger partial charge is 0.508 e. The van der Waals surface area contributed by atoms with Crippen molar-refractivity contribution in [1.29, 1.82) is 0 Å². The number of hydrogen-bond donors (Lipinski definition) is 2. The van der Waals surface area contributed by atoms with Crippen molar-refractivity contribution in [3.63, 3.8) is 0 Å². The number of carbonyl (C=O) groups excluding carboxylic acids is 1. The van der Waals surface area contributed by atoms with E-state index in [1.54, 1.807) is 37.3 Å².